The molecule has 112 valence electrons. The molecule has 1 aliphatic rings. The molecule has 1 amide bonds. The molecule has 1 saturated heterocycles. The second kappa shape index (κ2) is 6.88. The van der Waals surface area contributed by atoms with Crippen molar-refractivity contribution in [2.24, 2.45) is 12.8 Å². The number of hydrogen-bond donors (Lipinski definition) is 2. The van der Waals surface area contributed by atoms with Crippen LogP contribution in [0.5, 0.6) is 0 Å². The second-order valence-electron chi connectivity index (χ2n) is 4.90. The van der Waals surface area contributed by atoms with Crippen LogP contribution in [-0.2, 0) is 16.6 Å². The summed E-state index contributed by atoms with van der Waals surface area (Å²) >= 11 is 0. The minimum atomic E-state index is -0.515. The Labute approximate surface area is 123 Å². The van der Waals surface area contributed by atoms with Gasteiger partial charge in [-0.25, -0.2) is 0 Å². The third kappa shape index (κ3) is 3.59. The van der Waals surface area contributed by atoms with Crippen molar-refractivity contribution in [1.29, 1.82) is 0 Å². The highest BCUT2D eigenvalue weighted by Gasteiger charge is 2.30. The highest BCUT2D eigenvalue weighted by Crippen LogP contribution is 2.20. The van der Waals surface area contributed by atoms with Gasteiger partial charge in [0.2, 0.25) is 0 Å². The molecule has 2 atom stereocenters. The van der Waals surface area contributed by atoms with E-state index in [2.05, 4.69) is 5.32 Å². The van der Waals surface area contributed by atoms with E-state index < -0.39 is 6.10 Å². The molecule has 0 radical (unpaired) electrons. The Morgan fingerprint density at radius 3 is 2.85 bits per heavy atom. The monoisotopic (exact) mass is 301 g/mol. The van der Waals surface area contributed by atoms with Gasteiger partial charge < -0.3 is 20.4 Å². The fraction of sp³-hybridized carbons (Fsp3) is 0.538. The zero-order chi connectivity index (χ0) is 14.0. The van der Waals surface area contributed by atoms with Crippen molar-refractivity contribution >= 4 is 24.0 Å². The number of carbonyl (C=O) groups is 1. The van der Waals surface area contributed by atoms with Crippen LogP contribution in [0.4, 0.5) is 5.69 Å². The van der Waals surface area contributed by atoms with Crippen LogP contribution in [0.25, 0.3) is 0 Å². The molecule has 2 heterocycles. The maximum atomic E-state index is 12.0. The van der Waals surface area contributed by atoms with E-state index in [-0.39, 0.29) is 35.7 Å². The fourth-order valence-electron chi connectivity index (χ4n) is 2.26. The molecule has 20 heavy (non-hydrogen) atoms. The van der Waals surface area contributed by atoms with Gasteiger partial charge in [-0.1, -0.05) is 0 Å². The number of amides is 1. The predicted molar refractivity (Wildman–Crippen MR) is 79.2 cm³/mol. The van der Waals surface area contributed by atoms with Crippen LogP contribution in [0.3, 0.4) is 0 Å². The molecule has 0 aliphatic carbocycles. The second-order valence-corrected chi connectivity index (χ2v) is 4.90. The van der Waals surface area contributed by atoms with Crippen molar-refractivity contribution in [2.45, 2.75) is 32.0 Å². The third-order valence-electron chi connectivity index (χ3n) is 3.24. The number of hydrogen-bond acceptors (Lipinski definition) is 4. The van der Waals surface area contributed by atoms with Crippen LogP contribution < -0.4 is 16.6 Å². The topological polar surface area (TPSA) is 86.4 Å². The molecule has 7 heteroatoms. The van der Waals surface area contributed by atoms with Gasteiger partial charge in [0.1, 0.15) is 11.8 Å². The summed E-state index contributed by atoms with van der Waals surface area (Å²) in [6.07, 6.45) is 2.56. The summed E-state index contributed by atoms with van der Waals surface area (Å²) in [6, 6.07) is 1.66. The largest absolute Gasteiger partial charge is 0.364 e. The highest BCUT2D eigenvalue weighted by atomic mass is 35.5. The molecule has 0 unspecified atom stereocenters. The van der Waals surface area contributed by atoms with Gasteiger partial charge in [-0.15, -0.1) is 12.4 Å². The van der Waals surface area contributed by atoms with Crippen molar-refractivity contribution in [3.05, 3.63) is 28.2 Å². The average Bonchev–Trinajstić information content (AvgIpc) is 2.84. The van der Waals surface area contributed by atoms with Crippen LogP contribution in [0.1, 0.15) is 18.4 Å². The Hall–Kier alpha value is -1.37. The van der Waals surface area contributed by atoms with Crippen LogP contribution in [0.2, 0.25) is 0 Å². The van der Waals surface area contributed by atoms with E-state index in [4.69, 9.17) is 10.5 Å². The Kier molecular flexibility index (Phi) is 5.74. The molecule has 0 aromatic carbocycles. The molecule has 1 aromatic heterocycles. The van der Waals surface area contributed by atoms with Crippen LogP contribution in [0, 0.1) is 6.92 Å². The zero-order valence-corrected chi connectivity index (χ0v) is 12.4. The predicted octanol–water partition coefficient (Wildman–Crippen LogP) is 0.560. The van der Waals surface area contributed by atoms with E-state index >= 15 is 0 Å². The van der Waals surface area contributed by atoms with E-state index in [0.29, 0.717) is 13.0 Å². The lowest BCUT2D eigenvalue weighted by molar-refractivity contribution is -0.126. The van der Waals surface area contributed by atoms with Crippen molar-refractivity contribution in [3.8, 4) is 0 Å². The van der Waals surface area contributed by atoms with Gasteiger partial charge in [0.25, 0.3) is 11.5 Å². The van der Waals surface area contributed by atoms with Crippen molar-refractivity contribution < 1.29 is 9.53 Å². The summed E-state index contributed by atoms with van der Waals surface area (Å²) in [6.45, 7) is 2.28. The van der Waals surface area contributed by atoms with Gasteiger partial charge in [0.05, 0.1) is 6.10 Å². The lowest BCUT2D eigenvalue weighted by Crippen LogP contribution is -2.32. The number of ether oxygens (including phenoxy) is 1. The molecule has 1 aliphatic heterocycles. The van der Waals surface area contributed by atoms with Crippen molar-refractivity contribution in [3.63, 3.8) is 0 Å². The van der Waals surface area contributed by atoms with E-state index in [9.17, 15) is 9.59 Å². The molecule has 1 fully saturated rings. The first kappa shape index (κ1) is 16.7. The standard InChI is InChI=1S/C13H19N3O3.ClH/c1-8-5-10(13(18)16(2)7-8)15-12(17)11-4-3-9(6-14)19-11;/h5,7,9,11H,3-4,6,14H2,1-2H3,(H,15,17);1H/t9-,11+;/m1./s1. The molecule has 0 bridgehead atoms. The molecule has 1 aromatic rings. The van der Waals surface area contributed by atoms with Gasteiger partial charge >= 0.3 is 0 Å². The number of nitrogens with zero attached hydrogens (tertiary/aromatic N) is 1. The normalized spacial score (nSPS) is 21.4. The number of aromatic nitrogens is 1. The first-order valence-corrected chi connectivity index (χ1v) is 6.35. The number of rotatable bonds is 3. The SMILES string of the molecule is Cc1cc(NC(=O)[C@@H]2CC[C@H](CN)O2)c(=O)n(C)c1.Cl. The van der Waals surface area contributed by atoms with Gasteiger partial charge in [-0.2, -0.15) is 0 Å². The minimum Gasteiger partial charge on any atom is -0.364 e. The first-order chi connectivity index (χ1) is 9.01. The molecular formula is C13H20ClN3O3. The molecule has 0 saturated carbocycles. The smallest absolute Gasteiger partial charge is 0.274 e. The fourth-order valence-corrected chi connectivity index (χ4v) is 2.26. The van der Waals surface area contributed by atoms with Gasteiger partial charge in [-0.3, -0.25) is 9.59 Å². The zero-order valence-electron chi connectivity index (χ0n) is 11.6. The molecule has 3 N–H and O–H groups in total. The summed E-state index contributed by atoms with van der Waals surface area (Å²) in [7, 11) is 1.65. The number of nitrogens with two attached hydrogens (primary N) is 1. The summed E-state index contributed by atoms with van der Waals surface area (Å²) in [4.78, 5) is 23.9. The van der Waals surface area contributed by atoms with Crippen LogP contribution in [-0.4, -0.2) is 29.2 Å². The quantitative estimate of drug-likeness (QED) is 0.854. The molecule has 2 rings (SSSR count). The number of halogens is 1. The number of carbonyl (C=O) groups excluding carboxylic acids is 1. The maximum absolute atomic E-state index is 12.0. The number of pyridine rings is 1. The summed E-state index contributed by atoms with van der Waals surface area (Å²) in [5.41, 5.74) is 6.46. The van der Waals surface area contributed by atoms with Gasteiger partial charge in [0, 0.05) is 19.8 Å². The van der Waals surface area contributed by atoms with Gasteiger partial charge in [-0.05, 0) is 31.4 Å². The molecular weight excluding hydrogens is 282 g/mol. The third-order valence-corrected chi connectivity index (χ3v) is 3.24. The Balaban J connectivity index is 0.00000200. The minimum absolute atomic E-state index is 0. The summed E-state index contributed by atoms with van der Waals surface area (Å²) in [5, 5.41) is 2.64. The Morgan fingerprint density at radius 2 is 2.25 bits per heavy atom. The van der Waals surface area contributed by atoms with Crippen LogP contribution in [0.15, 0.2) is 17.1 Å². The lowest BCUT2D eigenvalue weighted by Gasteiger charge is -2.13. The Morgan fingerprint density at radius 1 is 1.55 bits per heavy atom. The van der Waals surface area contributed by atoms with Crippen molar-refractivity contribution in [1.82, 2.24) is 4.57 Å². The lowest BCUT2D eigenvalue weighted by atomic mass is 10.2. The highest BCUT2D eigenvalue weighted by molar-refractivity contribution is 5.94. The van der Waals surface area contributed by atoms with Crippen molar-refractivity contribution in [2.75, 3.05) is 11.9 Å². The average molecular weight is 302 g/mol. The van der Waals surface area contributed by atoms with Gasteiger partial charge in [0.15, 0.2) is 0 Å². The number of nitrogens with one attached hydrogen (secondary N) is 1. The Bertz CT molecular complexity index is 544. The maximum Gasteiger partial charge on any atom is 0.274 e. The molecule has 0 spiro atoms. The number of anilines is 1. The first-order valence-electron chi connectivity index (χ1n) is 6.35. The van der Waals surface area contributed by atoms with E-state index in [1.807, 2.05) is 6.92 Å². The number of aryl methyl sites for hydroxylation is 2. The summed E-state index contributed by atoms with van der Waals surface area (Å²) < 4.78 is 6.95. The molecule has 6 nitrogen and oxygen atoms in total. The van der Waals surface area contributed by atoms with E-state index in [0.717, 1.165) is 12.0 Å². The summed E-state index contributed by atoms with van der Waals surface area (Å²) in [5.74, 6) is -0.279. The van der Waals surface area contributed by atoms with Crippen LogP contribution >= 0.6 is 12.4 Å². The van der Waals surface area contributed by atoms with E-state index in [1.165, 1.54) is 4.57 Å². The van der Waals surface area contributed by atoms with E-state index in [1.54, 1.807) is 19.3 Å².